The van der Waals surface area contributed by atoms with Crippen molar-refractivity contribution in [3.8, 4) is 0 Å². The van der Waals surface area contributed by atoms with Crippen LogP contribution >= 0.6 is 0 Å². The van der Waals surface area contributed by atoms with Gasteiger partial charge in [-0.3, -0.25) is 0 Å². The molecule has 1 aromatic rings. The van der Waals surface area contributed by atoms with Gasteiger partial charge in [-0.15, -0.1) is 0 Å². The molecule has 2 rings (SSSR count). The summed E-state index contributed by atoms with van der Waals surface area (Å²) in [5.74, 6) is 0.739. The van der Waals surface area contributed by atoms with Gasteiger partial charge in [0.05, 0.1) is 6.61 Å². The number of aryl methyl sites for hydroxylation is 2. The Balaban J connectivity index is 2.14. The first-order chi connectivity index (χ1) is 9.46. The van der Waals surface area contributed by atoms with Gasteiger partial charge in [-0.1, -0.05) is 37.5 Å². The van der Waals surface area contributed by atoms with Gasteiger partial charge < -0.3 is 10.0 Å². The average Bonchev–Trinajstić information content (AvgIpc) is 2.38. The van der Waals surface area contributed by atoms with Crippen molar-refractivity contribution in [3.05, 3.63) is 29.3 Å². The molecule has 2 heteroatoms. The van der Waals surface area contributed by atoms with Crippen LogP contribution in [0.4, 0.5) is 5.69 Å². The second-order valence-corrected chi connectivity index (χ2v) is 7.01. The number of hydrogen-bond acceptors (Lipinski definition) is 2. The van der Waals surface area contributed by atoms with Crippen LogP contribution in [0.3, 0.4) is 0 Å². The van der Waals surface area contributed by atoms with Crippen molar-refractivity contribution in [1.29, 1.82) is 0 Å². The highest BCUT2D eigenvalue weighted by Gasteiger charge is 2.35. The summed E-state index contributed by atoms with van der Waals surface area (Å²) < 4.78 is 0. The molecule has 0 aliphatic heterocycles. The third-order valence-corrected chi connectivity index (χ3v) is 4.86. The van der Waals surface area contributed by atoms with E-state index >= 15 is 0 Å². The highest BCUT2D eigenvalue weighted by atomic mass is 16.3. The van der Waals surface area contributed by atoms with Crippen molar-refractivity contribution >= 4 is 5.69 Å². The Hall–Kier alpha value is -1.02. The van der Waals surface area contributed by atoms with Gasteiger partial charge in [-0.05, 0) is 44.2 Å². The maximum atomic E-state index is 9.94. The van der Waals surface area contributed by atoms with E-state index in [1.807, 2.05) is 0 Å². The third kappa shape index (κ3) is 3.35. The normalized spacial score (nSPS) is 26.6. The lowest BCUT2D eigenvalue weighted by molar-refractivity contribution is 0.0675. The molecule has 1 fully saturated rings. The van der Waals surface area contributed by atoms with Crippen LogP contribution in [0.1, 0.15) is 43.7 Å². The van der Waals surface area contributed by atoms with Crippen LogP contribution < -0.4 is 4.90 Å². The second kappa shape index (κ2) is 6.17. The van der Waals surface area contributed by atoms with E-state index in [1.54, 1.807) is 0 Å². The lowest BCUT2D eigenvalue weighted by Gasteiger charge is -2.42. The molecule has 2 nitrogen and oxygen atoms in total. The minimum atomic E-state index is 0.0870. The van der Waals surface area contributed by atoms with Crippen molar-refractivity contribution in [2.75, 3.05) is 25.1 Å². The summed E-state index contributed by atoms with van der Waals surface area (Å²) in [6.45, 7) is 7.90. The zero-order valence-electron chi connectivity index (χ0n) is 13.4. The van der Waals surface area contributed by atoms with Crippen LogP contribution in [0.15, 0.2) is 18.2 Å². The van der Waals surface area contributed by atoms with Gasteiger partial charge >= 0.3 is 0 Å². The Bertz CT molecular complexity index is 457. The summed E-state index contributed by atoms with van der Waals surface area (Å²) in [6.07, 6.45) is 4.87. The van der Waals surface area contributed by atoms with Gasteiger partial charge in [-0.2, -0.15) is 0 Å². The van der Waals surface area contributed by atoms with E-state index in [1.165, 1.54) is 29.7 Å². The van der Waals surface area contributed by atoms with Crippen molar-refractivity contribution < 1.29 is 5.11 Å². The Labute approximate surface area is 123 Å². The first-order valence-electron chi connectivity index (χ1n) is 7.85. The van der Waals surface area contributed by atoms with Gasteiger partial charge in [0, 0.05) is 24.7 Å². The van der Waals surface area contributed by atoms with Crippen LogP contribution in [0.2, 0.25) is 0 Å². The van der Waals surface area contributed by atoms with Crippen LogP contribution in [0, 0.1) is 25.2 Å². The fourth-order valence-electron chi connectivity index (χ4n) is 3.93. The van der Waals surface area contributed by atoms with E-state index in [-0.39, 0.29) is 5.41 Å². The van der Waals surface area contributed by atoms with E-state index in [9.17, 15) is 5.11 Å². The molecule has 1 aromatic carbocycles. The highest BCUT2D eigenvalue weighted by molar-refractivity contribution is 5.54. The summed E-state index contributed by atoms with van der Waals surface area (Å²) in [6, 6.07) is 6.62. The van der Waals surface area contributed by atoms with Crippen LogP contribution in [-0.2, 0) is 0 Å². The van der Waals surface area contributed by atoms with E-state index in [2.05, 4.69) is 50.9 Å². The molecule has 112 valence electrons. The van der Waals surface area contributed by atoms with Crippen molar-refractivity contribution in [2.45, 2.75) is 46.5 Å². The van der Waals surface area contributed by atoms with Crippen molar-refractivity contribution in [3.63, 3.8) is 0 Å². The summed E-state index contributed by atoms with van der Waals surface area (Å²) in [7, 11) is 2.16. The highest BCUT2D eigenvalue weighted by Crippen LogP contribution is 2.40. The van der Waals surface area contributed by atoms with E-state index < -0.39 is 0 Å². The molecule has 1 N–H and O–H groups in total. The van der Waals surface area contributed by atoms with E-state index in [4.69, 9.17) is 0 Å². The van der Waals surface area contributed by atoms with Crippen LogP contribution in [0.25, 0.3) is 0 Å². The maximum Gasteiger partial charge on any atom is 0.0504 e. The summed E-state index contributed by atoms with van der Waals surface area (Å²) in [5, 5.41) is 9.94. The van der Waals surface area contributed by atoms with Gasteiger partial charge in [0.1, 0.15) is 0 Å². The lowest BCUT2D eigenvalue weighted by atomic mass is 9.70. The quantitative estimate of drug-likeness (QED) is 0.900. The van der Waals surface area contributed by atoms with Crippen molar-refractivity contribution in [2.24, 2.45) is 11.3 Å². The third-order valence-electron chi connectivity index (χ3n) is 4.86. The number of aliphatic hydroxyl groups is 1. The average molecular weight is 275 g/mol. The molecule has 20 heavy (non-hydrogen) atoms. The monoisotopic (exact) mass is 275 g/mol. The zero-order chi connectivity index (χ0) is 14.8. The summed E-state index contributed by atoms with van der Waals surface area (Å²) in [4.78, 5) is 2.34. The van der Waals surface area contributed by atoms with Gasteiger partial charge in [0.15, 0.2) is 0 Å². The number of nitrogens with zero attached hydrogens (tertiary/aromatic N) is 1. The minimum Gasteiger partial charge on any atom is -0.396 e. The molecule has 0 amide bonds. The first-order valence-corrected chi connectivity index (χ1v) is 7.85. The first kappa shape index (κ1) is 15.4. The largest absolute Gasteiger partial charge is 0.396 e. The van der Waals surface area contributed by atoms with E-state index in [0.717, 1.165) is 25.3 Å². The molecule has 0 aromatic heterocycles. The molecule has 0 radical (unpaired) electrons. The van der Waals surface area contributed by atoms with Crippen molar-refractivity contribution in [1.82, 2.24) is 0 Å². The molecule has 0 heterocycles. The number of rotatable bonds is 4. The number of benzene rings is 1. The smallest absolute Gasteiger partial charge is 0.0504 e. The van der Waals surface area contributed by atoms with Crippen LogP contribution in [-0.4, -0.2) is 25.3 Å². The maximum absolute atomic E-state index is 9.94. The second-order valence-electron chi connectivity index (χ2n) is 7.01. The lowest BCUT2D eigenvalue weighted by Crippen LogP contribution is -2.42. The predicted octanol–water partition coefficient (Wildman–Crippen LogP) is 3.93. The molecule has 0 saturated heterocycles. The molecule has 0 bridgehead atoms. The van der Waals surface area contributed by atoms with Gasteiger partial charge in [0.2, 0.25) is 0 Å². The Morgan fingerprint density at radius 2 is 2.10 bits per heavy atom. The summed E-state index contributed by atoms with van der Waals surface area (Å²) >= 11 is 0. The molecule has 2 unspecified atom stereocenters. The topological polar surface area (TPSA) is 23.5 Å². The molecule has 1 aliphatic rings. The molecule has 1 saturated carbocycles. The van der Waals surface area contributed by atoms with Crippen LogP contribution in [0.5, 0.6) is 0 Å². The number of hydrogen-bond donors (Lipinski definition) is 1. The Morgan fingerprint density at radius 3 is 2.70 bits per heavy atom. The summed E-state index contributed by atoms with van der Waals surface area (Å²) in [5.41, 5.74) is 4.01. The predicted molar refractivity (Wildman–Crippen MR) is 86.3 cm³/mol. The SMILES string of the molecule is Cc1ccc(N(C)CC2(CO)CCCC(C)C2)c(C)c1. The Morgan fingerprint density at radius 1 is 1.35 bits per heavy atom. The van der Waals surface area contributed by atoms with Gasteiger partial charge in [0.25, 0.3) is 0 Å². The molecule has 2 atom stereocenters. The van der Waals surface area contributed by atoms with Gasteiger partial charge in [-0.25, -0.2) is 0 Å². The fraction of sp³-hybridized carbons (Fsp3) is 0.667. The van der Waals surface area contributed by atoms with E-state index in [0.29, 0.717) is 6.61 Å². The molecular weight excluding hydrogens is 246 g/mol. The Kier molecular flexibility index (Phi) is 4.74. The molecule has 0 spiro atoms. The minimum absolute atomic E-state index is 0.0870. The fourth-order valence-corrected chi connectivity index (χ4v) is 3.93. The number of anilines is 1. The molecular formula is C18H29NO. The number of aliphatic hydroxyl groups excluding tert-OH is 1. The standard InChI is InChI=1S/C18H29NO/c1-14-7-8-17(16(3)10-14)19(4)12-18(13-20)9-5-6-15(2)11-18/h7-8,10,15,20H,5-6,9,11-13H2,1-4H3. The molecule has 1 aliphatic carbocycles. The zero-order valence-corrected chi connectivity index (χ0v) is 13.4.